The van der Waals surface area contributed by atoms with E-state index in [1.54, 1.807) is 24.3 Å². The largest absolute Gasteiger partial charge is 0.497 e. The van der Waals surface area contributed by atoms with Gasteiger partial charge in [-0.25, -0.2) is 9.69 Å². The highest BCUT2D eigenvalue weighted by Crippen LogP contribution is 2.31. The number of ether oxygens (including phenoxy) is 2. The Bertz CT molecular complexity index is 537. The highest BCUT2D eigenvalue weighted by molar-refractivity contribution is 6.23. The van der Waals surface area contributed by atoms with Crippen LogP contribution in [-0.2, 0) is 9.53 Å². The predicted molar refractivity (Wildman–Crippen MR) is 67.2 cm³/mol. The molecule has 2 heterocycles. The monoisotopic (exact) mass is 262 g/mol. The molecule has 6 nitrogen and oxygen atoms in total. The summed E-state index contributed by atoms with van der Waals surface area (Å²) < 4.78 is 10.4. The van der Waals surface area contributed by atoms with Crippen LogP contribution in [0.15, 0.2) is 24.3 Å². The summed E-state index contributed by atoms with van der Waals surface area (Å²) in [7, 11) is 1.54. The van der Waals surface area contributed by atoms with Gasteiger partial charge >= 0.3 is 6.03 Å². The van der Waals surface area contributed by atoms with Gasteiger partial charge < -0.3 is 14.8 Å². The van der Waals surface area contributed by atoms with E-state index in [-0.39, 0.29) is 12.5 Å². The first-order valence-electron chi connectivity index (χ1n) is 6.05. The minimum absolute atomic E-state index is 0.234. The molecule has 1 aromatic carbocycles. The lowest BCUT2D eigenvalue weighted by molar-refractivity contribution is -0.122. The minimum atomic E-state index is -0.889. The molecule has 100 valence electrons. The molecule has 1 spiro atoms. The summed E-state index contributed by atoms with van der Waals surface area (Å²) >= 11 is 0. The van der Waals surface area contributed by atoms with Gasteiger partial charge in [0.25, 0.3) is 5.91 Å². The molecule has 1 aromatic rings. The second-order valence-corrected chi connectivity index (χ2v) is 4.66. The Labute approximate surface area is 110 Å². The standard InChI is InChI=1S/C13H14N2O4/c1-18-10-4-2-3-9(7-10)15-11(16)13(14-12(15)17)5-6-19-8-13/h2-4,7H,5-6,8H2,1H3,(H,14,17). The minimum Gasteiger partial charge on any atom is -0.497 e. The van der Waals surface area contributed by atoms with Crippen molar-refractivity contribution in [1.29, 1.82) is 0 Å². The summed E-state index contributed by atoms with van der Waals surface area (Å²) in [5.41, 5.74) is -0.384. The first kappa shape index (κ1) is 12.0. The number of carbonyl (C=O) groups excluding carboxylic acids is 2. The number of imide groups is 1. The van der Waals surface area contributed by atoms with E-state index in [2.05, 4.69) is 5.32 Å². The third kappa shape index (κ3) is 1.76. The van der Waals surface area contributed by atoms with E-state index < -0.39 is 11.6 Å². The van der Waals surface area contributed by atoms with Crippen molar-refractivity contribution in [3.8, 4) is 5.75 Å². The Morgan fingerprint density at radius 1 is 1.42 bits per heavy atom. The fourth-order valence-electron chi connectivity index (χ4n) is 2.44. The summed E-state index contributed by atoms with van der Waals surface area (Å²) in [5, 5.41) is 2.74. The Kier molecular flexibility index (Phi) is 2.67. The number of methoxy groups -OCH3 is 1. The summed E-state index contributed by atoms with van der Waals surface area (Å²) in [6, 6.07) is 6.45. The highest BCUT2D eigenvalue weighted by Gasteiger charge is 2.54. The normalized spacial score (nSPS) is 26.1. The molecule has 0 bridgehead atoms. The fourth-order valence-corrected chi connectivity index (χ4v) is 2.44. The molecule has 1 atom stereocenters. The van der Waals surface area contributed by atoms with Crippen LogP contribution in [0.2, 0.25) is 0 Å². The number of urea groups is 1. The Morgan fingerprint density at radius 2 is 2.26 bits per heavy atom. The van der Waals surface area contributed by atoms with Crippen molar-refractivity contribution < 1.29 is 19.1 Å². The number of nitrogens with zero attached hydrogens (tertiary/aromatic N) is 1. The van der Waals surface area contributed by atoms with Crippen LogP contribution in [-0.4, -0.2) is 37.8 Å². The van der Waals surface area contributed by atoms with Gasteiger partial charge in [-0.2, -0.15) is 0 Å². The van der Waals surface area contributed by atoms with Crippen LogP contribution in [0, 0.1) is 0 Å². The number of carbonyl (C=O) groups is 2. The molecule has 2 aliphatic rings. The summed E-state index contributed by atoms with van der Waals surface area (Å²) in [5.74, 6) is 0.338. The maximum absolute atomic E-state index is 12.5. The molecule has 3 amide bonds. The van der Waals surface area contributed by atoms with Crippen molar-refractivity contribution >= 4 is 17.6 Å². The second-order valence-electron chi connectivity index (χ2n) is 4.66. The molecule has 2 saturated heterocycles. The Balaban J connectivity index is 1.96. The fraction of sp³-hybridized carbons (Fsp3) is 0.385. The van der Waals surface area contributed by atoms with Gasteiger partial charge in [-0.15, -0.1) is 0 Å². The van der Waals surface area contributed by atoms with E-state index in [4.69, 9.17) is 9.47 Å². The lowest BCUT2D eigenvalue weighted by atomic mass is 9.99. The maximum Gasteiger partial charge on any atom is 0.329 e. The highest BCUT2D eigenvalue weighted by atomic mass is 16.5. The molecule has 1 unspecified atom stereocenters. The molecular formula is C13H14N2O4. The molecule has 0 saturated carbocycles. The molecule has 2 aliphatic heterocycles. The molecule has 19 heavy (non-hydrogen) atoms. The van der Waals surface area contributed by atoms with Gasteiger partial charge in [0.2, 0.25) is 0 Å². The molecule has 0 aliphatic carbocycles. The predicted octanol–water partition coefficient (Wildman–Crippen LogP) is 0.910. The lowest BCUT2D eigenvalue weighted by Crippen LogP contribution is -2.47. The van der Waals surface area contributed by atoms with Crippen LogP contribution in [0.25, 0.3) is 0 Å². The van der Waals surface area contributed by atoms with E-state index in [1.165, 1.54) is 7.11 Å². The number of hydrogen-bond acceptors (Lipinski definition) is 4. The molecular weight excluding hydrogens is 248 g/mol. The molecule has 0 radical (unpaired) electrons. The summed E-state index contributed by atoms with van der Waals surface area (Å²) in [6.45, 7) is 0.718. The third-order valence-electron chi connectivity index (χ3n) is 3.49. The van der Waals surface area contributed by atoms with Gasteiger partial charge in [0, 0.05) is 19.1 Å². The van der Waals surface area contributed by atoms with Crippen molar-refractivity contribution in [1.82, 2.24) is 5.32 Å². The molecule has 0 aromatic heterocycles. The number of nitrogens with one attached hydrogen (secondary N) is 1. The van der Waals surface area contributed by atoms with Crippen molar-refractivity contribution in [2.24, 2.45) is 0 Å². The van der Waals surface area contributed by atoms with Gasteiger partial charge in [0.05, 0.1) is 19.4 Å². The molecule has 1 N–H and O–H groups in total. The average Bonchev–Trinajstić information content (AvgIpc) is 2.97. The van der Waals surface area contributed by atoms with Crippen LogP contribution < -0.4 is 15.0 Å². The van der Waals surface area contributed by atoms with Gasteiger partial charge in [-0.3, -0.25) is 4.79 Å². The topological polar surface area (TPSA) is 67.9 Å². The van der Waals surface area contributed by atoms with Crippen molar-refractivity contribution in [2.75, 3.05) is 25.2 Å². The first-order valence-corrected chi connectivity index (χ1v) is 6.05. The average molecular weight is 262 g/mol. The number of amides is 3. The quantitative estimate of drug-likeness (QED) is 0.804. The van der Waals surface area contributed by atoms with Crippen LogP contribution in [0.3, 0.4) is 0 Å². The second kappa shape index (κ2) is 4.24. The zero-order valence-corrected chi connectivity index (χ0v) is 10.5. The van der Waals surface area contributed by atoms with E-state index in [9.17, 15) is 9.59 Å². The van der Waals surface area contributed by atoms with Crippen molar-refractivity contribution in [3.05, 3.63) is 24.3 Å². The van der Waals surface area contributed by atoms with Crippen LogP contribution >= 0.6 is 0 Å². The van der Waals surface area contributed by atoms with E-state index >= 15 is 0 Å². The zero-order valence-electron chi connectivity index (χ0n) is 10.5. The molecule has 2 fully saturated rings. The van der Waals surface area contributed by atoms with Gasteiger partial charge in [-0.1, -0.05) is 6.07 Å². The number of anilines is 1. The summed E-state index contributed by atoms with van der Waals surface area (Å²) in [6.07, 6.45) is 0.512. The third-order valence-corrected chi connectivity index (χ3v) is 3.49. The molecule has 3 rings (SSSR count). The Hall–Kier alpha value is -2.08. The van der Waals surface area contributed by atoms with Gasteiger partial charge in [0.1, 0.15) is 11.3 Å². The maximum atomic E-state index is 12.5. The summed E-state index contributed by atoms with van der Waals surface area (Å²) in [4.78, 5) is 25.7. The SMILES string of the molecule is COc1cccc(N2C(=O)NC3(CCOC3)C2=O)c1. The van der Waals surface area contributed by atoms with Crippen LogP contribution in [0.4, 0.5) is 10.5 Å². The first-order chi connectivity index (χ1) is 9.16. The lowest BCUT2D eigenvalue weighted by Gasteiger charge is -2.18. The van der Waals surface area contributed by atoms with E-state index in [1.807, 2.05) is 0 Å². The number of benzene rings is 1. The number of hydrogen-bond donors (Lipinski definition) is 1. The smallest absolute Gasteiger partial charge is 0.329 e. The van der Waals surface area contributed by atoms with Crippen molar-refractivity contribution in [3.63, 3.8) is 0 Å². The Morgan fingerprint density at radius 3 is 2.95 bits per heavy atom. The number of rotatable bonds is 2. The van der Waals surface area contributed by atoms with Crippen molar-refractivity contribution in [2.45, 2.75) is 12.0 Å². The van der Waals surface area contributed by atoms with Crippen LogP contribution in [0.5, 0.6) is 5.75 Å². The molecule has 6 heteroatoms. The van der Waals surface area contributed by atoms with Gasteiger partial charge in [-0.05, 0) is 12.1 Å². The zero-order chi connectivity index (χ0) is 13.5. The van der Waals surface area contributed by atoms with E-state index in [0.717, 1.165) is 4.90 Å². The van der Waals surface area contributed by atoms with Gasteiger partial charge in [0.15, 0.2) is 0 Å². The van der Waals surface area contributed by atoms with E-state index in [0.29, 0.717) is 24.5 Å². The van der Waals surface area contributed by atoms with Crippen LogP contribution in [0.1, 0.15) is 6.42 Å².